The van der Waals surface area contributed by atoms with E-state index in [1.807, 2.05) is 13.8 Å². The molecule has 0 rings (SSSR count). The van der Waals surface area contributed by atoms with E-state index in [0.717, 1.165) is 25.0 Å². The zero-order valence-electron chi connectivity index (χ0n) is 10.4. The van der Waals surface area contributed by atoms with Crippen molar-refractivity contribution in [2.75, 3.05) is 0 Å². The van der Waals surface area contributed by atoms with Crippen molar-refractivity contribution in [2.45, 2.75) is 52.7 Å². The summed E-state index contributed by atoms with van der Waals surface area (Å²) in [6.45, 7) is 7.32. The lowest BCUT2D eigenvalue weighted by molar-refractivity contribution is -0.144. The fraction of sp³-hybridized carbons (Fsp3) is 0.667. The Balaban J connectivity index is 3.94. The number of rotatable bonds is 6. The summed E-state index contributed by atoms with van der Waals surface area (Å²) in [7, 11) is 0. The molecule has 0 aliphatic carbocycles. The Morgan fingerprint density at radius 1 is 1.06 bits per heavy atom. The van der Waals surface area contributed by atoms with Crippen LogP contribution in [0.5, 0.6) is 0 Å². The molecule has 0 aliphatic heterocycles. The predicted octanol–water partition coefficient (Wildman–Crippen LogP) is 2.23. The number of hydrogen-bond acceptors (Lipinski definition) is 4. The van der Waals surface area contributed by atoms with Crippen LogP contribution in [-0.4, -0.2) is 24.1 Å². The fourth-order valence-corrected chi connectivity index (χ4v) is 1.11. The lowest BCUT2D eigenvalue weighted by atomic mass is 10.2. The molecule has 0 radical (unpaired) electrons. The molecule has 0 bridgehead atoms. The minimum absolute atomic E-state index is 0.122. The maximum atomic E-state index is 11.2. The largest absolute Gasteiger partial charge is 0.460 e. The molecule has 0 aliphatic rings. The Labute approximate surface area is 96.6 Å². The Kier molecular flexibility index (Phi) is 7.25. The van der Waals surface area contributed by atoms with E-state index >= 15 is 0 Å². The maximum Gasteiger partial charge on any atom is 0.331 e. The zero-order valence-corrected chi connectivity index (χ0v) is 10.4. The lowest BCUT2D eigenvalue weighted by Crippen LogP contribution is -2.13. The second-order valence-corrected chi connectivity index (χ2v) is 3.86. The van der Waals surface area contributed by atoms with E-state index < -0.39 is 11.9 Å². The van der Waals surface area contributed by atoms with Gasteiger partial charge in [0.15, 0.2) is 0 Å². The monoisotopic (exact) mass is 228 g/mol. The minimum Gasteiger partial charge on any atom is -0.460 e. The molecule has 0 aromatic heterocycles. The van der Waals surface area contributed by atoms with E-state index in [-0.39, 0.29) is 12.2 Å². The normalized spacial score (nSPS) is 12.8. The molecule has 4 heteroatoms. The van der Waals surface area contributed by atoms with Crippen LogP contribution in [0.2, 0.25) is 0 Å². The van der Waals surface area contributed by atoms with Crippen LogP contribution in [0.4, 0.5) is 0 Å². The Hall–Kier alpha value is -1.32. The third kappa shape index (κ3) is 8.03. The van der Waals surface area contributed by atoms with Crippen molar-refractivity contribution in [1.82, 2.24) is 0 Å². The molecule has 0 aromatic carbocycles. The quantitative estimate of drug-likeness (QED) is 0.516. The molecule has 0 heterocycles. The number of carbonyl (C=O) groups excluding carboxylic acids is 2. The summed E-state index contributed by atoms with van der Waals surface area (Å²) in [6.07, 6.45) is 3.64. The average Bonchev–Trinajstić information content (AvgIpc) is 2.14. The molecular formula is C12H20O4. The third-order valence-electron chi connectivity index (χ3n) is 1.72. The van der Waals surface area contributed by atoms with Gasteiger partial charge in [0.1, 0.15) is 0 Å². The first-order valence-electron chi connectivity index (χ1n) is 5.55. The van der Waals surface area contributed by atoms with Gasteiger partial charge in [0, 0.05) is 12.2 Å². The first kappa shape index (κ1) is 14.7. The molecule has 0 spiro atoms. The summed E-state index contributed by atoms with van der Waals surface area (Å²) in [4.78, 5) is 22.3. The van der Waals surface area contributed by atoms with Gasteiger partial charge in [0.05, 0.1) is 12.2 Å². The zero-order chi connectivity index (χ0) is 12.6. The molecule has 0 N–H and O–H groups in total. The highest BCUT2D eigenvalue weighted by Gasteiger charge is 2.06. The van der Waals surface area contributed by atoms with Gasteiger partial charge in [0.2, 0.25) is 0 Å². The summed E-state index contributed by atoms with van der Waals surface area (Å²) in [5.74, 6) is -1.04. The smallest absolute Gasteiger partial charge is 0.331 e. The van der Waals surface area contributed by atoms with E-state index in [1.54, 1.807) is 13.8 Å². The van der Waals surface area contributed by atoms with Gasteiger partial charge in [-0.05, 0) is 27.2 Å². The topological polar surface area (TPSA) is 52.6 Å². The van der Waals surface area contributed by atoms with Crippen molar-refractivity contribution in [3.63, 3.8) is 0 Å². The van der Waals surface area contributed by atoms with Crippen LogP contribution in [0.15, 0.2) is 12.2 Å². The molecule has 92 valence electrons. The van der Waals surface area contributed by atoms with Crippen molar-refractivity contribution in [3.05, 3.63) is 12.2 Å². The molecule has 0 saturated carbocycles. The van der Waals surface area contributed by atoms with Crippen LogP contribution in [0.1, 0.15) is 40.5 Å². The van der Waals surface area contributed by atoms with Crippen LogP contribution in [0.3, 0.4) is 0 Å². The molecule has 0 fully saturated rings. The number of carbonyl (C=O) groups is 2. The van der Waals surface area contributed by atoms with Crippen LogP contribution in [-0.2, 0) is 19.1 Å². The van der Waals surface area contributed by atoms with Gasteiger partial charge in [-0.25, -0.2) is 9.59 Å². The summed E-state index contributed by atoms with van der Waals surface area (Å²) in [5.41, 5.74) is 0. The highest BCUT2D eigenvalue weighted by Crippen LogP contribution is 2.01. The standard InChI is InChI=1S/C12H20O4/c1-5-6-10(4)16-12(14)8-7-11(13)15-9(2)3/h7-10H,5-6H2,1-4H3. The van der Waals surface area contributed by atoms with Crippen LogP contribution < -0.4 is 0 Å². The minimum atomic E-state index is -0.532. The van der Waals surface area contributed by atoms with Gasteiger partial charge in [-0.3, -0.25) is 0 Å². The van der Waals surface area contributed by atoms with Gasteiger partial charge in [-0.2, -0.15) is 0 Å². The molecular weight excluding hydrogens is 208 g/mol. The highest BCUT2D eigenvalue weighted by atomic mass is 16.5. The van der Waals surface area contributed by atoms with Crippen LogP contribution >= 0.6 is 0 Å². The highest BCUT2D eigenvalue weighted by molar-refractivity contribution is 5.91. The SMILES string of the molecule is CCCC(C)OC(=O)C=CC(=O)OC(C)C. The lowest BCUT2D eigenvalue weighted by Gasteiger charge is -2.09. The summed E-state index contributed by atoms with van der Waals surface area (Å²) < 4.78 is 9.83. The van der Waals surface area contributed by atoms with Crippen LogP contribution in [0.25, 0.3) is 0 Å². The van der Waals surface area contributed by atoms with Crippen molar-refractivity contribution in [1.29, 1.82) is 0 Å². The fourth-order valence-electron chi connectivity index (χ4n) is 1.11. The second-order valence-electron chi connectivity index (χ2n) is 3.86. The summed E-state index contributed by atoms with van der Waals surface area (Å²) in [5, 5.41) is 0. The van der Waals surface area contributed by atoms with Gasteiger partial charge < -0.3 is 9.47 Å². The maximum absolute atomic E-state index is 11.2. The molecule has 4 nitrogen and oxygen atoms in total. The van der Waals surface area contributed by atoms with E-state index in [1.165, 1.54) is 0 Å². The predicted molar refractivity (Wildman–Crippen MR) is 60.8 cm³/mol. The van der Waals surface area contributed by atoms with E-state index in [9.17, 15) is 9.59 Å². The Morgan fingerprint density at radius 3 is 2.00 bits per heavy atom. The number of hydrogen-bond donors (Lipinski definition) is 0. The first-order chi connectivity index (χ1) is 7.45. The van der Waals surface area contributed by atoms with Gasteiger partial charge in [0.25, 0.3) is 0 Å². The van der Waals surface area contributed by atoms with Crippen molar-refractivity contribution < 1.29 is 19.1 Å². The van der Waals surface area contributed by atoms with Crippen molar-refractivity contribution in [3.8, 4) is 0 Å². The van der Waals surface area contributed by atoms with Gasteiger partial charge >= 0.3 is 11.9 Å². The van der Waals surface area contributed by atoms with Gasteiger partial charge in [-0.1, -0.05) is 13.3 Å². The molecule has 0 amide bonds. The molecule has 1 unspecified atom stereocenters. The van der Waals surface area contributed by atoms with E-state index in [0.29, 0.717) is 0 Å². The second kappa shape index (κ2) is 7.91. The van der Waals surface area contributed by atoms with Gasteiger partial charge in [-0.15, -0.1) is 0 Å². The molecule has 0 aromatic rings. The molecule has 0 saturated heterocycles. The van der Waals surface area contributed by atoms with E-state index in [4.69, 9.17) is 9.47 Å². The summed E-state index contributed by atoms with van der Waals surface area (Å²) in [6, 6.07) is 0. The first-order valence-corrected chi connectivity index (χ1v) is 5.55. The van der Waals surface area contributed by atoms with Crippen LogP contribution in [0, 0.1) is 0 Å². The Bertz CT molecular complexity index is 256. The average molecular weight is 228 g/mol. The molecule has 1 atom stereocenters. The molecule has 16 heavy (non-hydrogen) atoms. The third-order valence-corrected chi connectivity index (χ3v) is 1.72. The van der Waals surface area contributed by atoms with Crippen molar-refractivity contribution >= 4 is 11.9 Å². The number of ether oxygens (including phenoxy) is 2. The van der Waals surface area contributed by atoms with Crippen molar-refractivity contribution in [2.24, 2.45) is 0 Å². The van der Waals surface area contributed by atoms with E-state index in [2.05, 4.69) is 0 Å². The summed E-state index contributed by atoms with van der Waals surface area (Å²) >= 11 is 0. The Morgan fingerprint density at radius 2 is 1.56 bits per heavy atom. The number of esters is 2.